The largest absolute Gasteiger partial charge is 0.310 e. The monoisotopic (exact) mass is 380 g/mol. The number of fused-ring (bicyclic) bond motifs is 2. The minimum Gasteiger partial charge on any atom is -0.310 e. The van der Waals surface area contributed by atoms with Crippen molar-refractivity contribution >= 4 is 34.7 Å². The summed E-state index contributed by atoms with van der Waals surface area (Å²) < 4.78 is 1.99. The molecular weight excluding hydrogens is 356 g/mol. The van der Waals surface area contributed by atoms with Gasteiger partial charge in [-0.1, -0.05) is 31.2 Å². The fraction of sp³-hybridized carbons (Fsp3) is 0.429. The van der Waals surface area contributed by atoms with E-state index in [1.807, 2.05) is 41.0 Å². The second kappa shape index (κ2) is 7.58. The molecule has 146 valence electrons. The Kier molecular flexibility index (Phi) is 4.98. The minimum atomic E-state index is -0.255. The van der Waals surface area contributed by atoms with Gasteiger partial charge < -0.3 is 4.57 Å². The average molecular weight is 380 g/mol. The van der Waals surface area contributed by atoms with Crippen LogP contribution >= 0.6 is 0 Å². The average Bonchev–Trinajstić information content (AvgIpc) is 3.16. The van der Waals surface area contributed by atoms with Gasteiger partial charge in [0.2, 0.25) is 23.7 Å². The van der Waals surface area contributed by atoms with Crippen LogP contribution in [0.5, 0.6) is 0 Å². The maximum atomic E-state index is 12.5. The van der Waals surface area contributed by atoms with E-state index < -0.39 is 0 Å². The van der Waals surface area contributed by atoms with Crippen molar-refractivity contribution in [2.45, 2.75) is 39.2 Å². The van der Waals surface area contributed by atoms with Crippen molar-refractivity contribution in [1.29, 1.82) is 0 Å². The molecule has 7 heteroatoms. The lowest BCUT2D eigenvalue weighted by atomic mass is 9.85. The van der Waals surface area contributed by atoms with Gasteiger partial charge in [0.15, 0.2) is 0 Å². The molecular formula is C21H24N4O3. The maximum Gasteiger partial charge on any atom is 0.233 e. The molecule has 28 heavy (non-hydrogen) atoms. The van der Waals surface area contributed by atoms with E-state index in [0.29, 0.717) is 18.8 Å². The highest BCUT2D eigenvalue weighted by atomic mass is 16.2. The number of imidazole rings is 1. The molecule has 2 aromatic rings. The number of hydrogen-bond acceptors (Lipinski definition) is 4. The lowest BCUT2D eigenvalue weighted by Gasteiger charge is -2.14. The van der Waals surface area contributed by atoms with Gasteiger partial charge in [0.25, 0.3) is 0 Å². The zero-order valence-corrected chi connectivity index (χ0v) is 15.9. The summed E-state index contributed by atoms with van der Waals surface area (Å²) in [5.74, 6) is -0.550. The van der Waals surface area contributed by atoms with Crippen LogP contribution in [0, 0.1) is 11.8 Å². The summed E-state index contributed by atoms with van der Waals surface area (Å²) >= 11 is 0. The first-order valence-electron chi connectivity index (χ1n) is 9.85. The van der Waals surface area contributed by atoms with Crippen LogP contribution in [0.4, 0.5) is 5.95 Å². The second-order valence-electron chi connectivity index (χ2n) is 7.36. The molecule has 1 aliphatic carbocycles. The lowest BCUT2D eigenvalue weighted by Crippen LogP contribution is -2.34. The van der Waals surface area contributed by atoms with Crippen LogP contribution in [-0.4, -0.2) is 38.7 Å². The highest BCUT2D eigenvalue weighted by molar-refractivity contribution is 6.05. The van der Waals surface area contributed by atoms with E-state index in [1.165, 1.54) is 4.90 Å². The number of allylic oxidation sites excluding steroid dienone is 2. The van der Waals surface area contributed by atoms with E-state index in [1.54, 1.807) is 0 Å². The summed E-state index contributed by atoms with van der Waals surface area (Å²) in [6.07, 6.45) is 6.12. The summed E-state index contributed by atoms with van der Waals surface area (Å²) in [6, 6.07) is 7.75. The van der Waals surface area contributed by atoms with Crippen molar-refractivity contribution in [1.82, 2.24) is 14.5 Å². The molecule has 1 aliphatic heterocycles. The lowest BCUT2D eigenvalue weighted by molar-refractivity contribution is -0.140. The SMILES string of the molecule is CCCn1c(NC(=O)CCN2C(=O)[C@@H]3CC=CC[C@H]3C2=O)nc2ccccc21. The van der Waals surface area contributed by atoms with Crippen LogP contribution in [0.2, 0.25) is 0 Å². The van der Waals surface area contributed by atoms with Crippen molar-refractivity contribution in [3.05, 3.63) is 36.4 Å². The minimum absolute atomic E-state index is 0.0691. The summed E-state index contributed by atoms with van der Waals surface area (Å²) in [5.41, 5.74) is 1.80. The van der Waals surface area contributed by atoms with Gasteiger partial charge in [-0.25, -0.2) is 4.98 Å². The van der Waals surface area contributed by atoms with Gasteiger partial charge in [0.05, 0.1) is 22.9 Å². The number of para-hydroxylation sites is 2. The molecule has 2 aliphatic rings. The Labute approximate surface area is 163 Å². The second-order valence-corrected chi connectivity index (χ2v) is 7.36. The molecule has 1 aromatic heterocycles. The summed E-state index contributed by atoms with van der Waals surface area (Å²) in [5, 5.41) is 2.85. The number of carbonyl (C=O) groups excluding carboxylic acids is 3. The topological polar surface area (TPSA) is 84.3 Å². The summed E-state index contributed by atoms with van der Waals surface area (Å²) in [7, 11) is 0. The number of hydrogen-bond donors (Lipinski definition) is 1. The number of nitrogens with zero attached hydrogens (tertiary/aromatic N) is 3. The number of aryl methyl sites for hydroxylation is 1. The molecule has 7 nitrogen and oxygen atoms in total. The predicted octanol–water partition coefficient (Wildman–Crippen LogP) is 2.73. The fourth-order valence-corrected chi connectivity index (χ4v) is 4.11. The Balaban J connectivity index is 1.43. The third-order valence-electron chi connectivity index (χ3n) is 5.51. The number of nitrogens with one attached hydrogen (secondary N) is 1. The van der Waals surface area contributed by atoms with Gasteiger partial charge in [-0.2, -0.15) is 0 Å². The Hall–Kier alpha value is -2.96. The number of amides is 3. The van der Waals surface area contributed by atoms with Crippen molar-refractivity contribution in [2.24, 2.45) is 11.8 Å². The van der Waals surface area contributed by atoms with Gasteiger partial charge in [-0.15, -0.1) is 0 Å². The number of imide groups is 1. The standard InChI is InChI=1S/C21H24N4O3/c1-2-12-24-17-10-6-5-9-16(17)22-21(24)23-18(26)11-13-25-19(27)14-7-3-4-8-15(14)20(25)28/h3-6,9-10,14-15H,2,7-8,11-13H2,1H3,(H,22,23,26)/t14-,15-/m1/s1. The van der Waals surface area contributed by atoms with Gasteiger partial charge >= 0.3 is 0 Å². The molecule has 4 rings (SSSR count). The molecule has 1 aromatic carbocycles. The van der Waals surface area contributed by atoms with Gasteiger partial charge in [-0.3, -0.25) is 24.6 Å². The van der Waals surface area contributed by atoms with Crippen LogP contribution < -0.4 is 5.32 Å². The maximum absolute atomic E-state index is 12.5. The quantitative estimate of drug-likeness (QED) is 0.617. The zero-order chi connectivity index (χ0) is 19.7. The number of anilines is 1. The summed E-state index contributed by atoms with van der Waals surface area (Å²) in [6.45, 7) is 2.93. The van der Waals surface area contributed by atoms with Crippen LogP contribution in [0.15, 0.2) is 36.4 Å². The van der Waals surface area contributed by atoms with Crippen molar-refractivity contribution in [2.75, 3.05) is 11.9 Å². The molecule has 0 spiro atoms. The van der Waals surface area contributed by atoms with Gasteiger partial charge in [-0.05, 0) is 31.4 Å². The molecule has 0 radical (unpaired) electrons. The molecule has 2 heterocycles. The smallest absolute Gasteiger partial charge is 0.233 e. The van der Waals surface area contributed by atoms with Gasteiger partial charge in [0.1, 0.15) is 0 Å². The molecule has 1 fully saturated rings. The number of rotatable bonds is 6. The van der Waals surface area contributed by atoms with E-state index in [0.717, 1.165) is 24.0 Å². The Morgan fingerprint density at radius 3 is 2.46 bits per heavy atom. The number of likely N-dealkylation sites (tertiary alicyclic amines) is 1. The van der Waals surface area contributed by atoms with E-state index in [9.17, 15) is 14.4 Å². The Morgan fingerprint density at radius 2 is 1.79 bits per heavy atom. The predicted molar refractivity (Wildman–Crippen MR) is 105 cm³/mol. The van der Waals surface area contributed by atoms with Crippen LogP contribution in [0.25, 0.3) is 11.0 Å². The Morgan fingerprint density at radius 1 is 1.11 bits per heavy atom. The normalized spacial score (nSPS) is 21.4. The molecule has 3 amide bonds. The number of aromatic nitrogens is 2. The first-order chi connectivity index (χ1) is 13.6. The van der Waals surface area contributed by atoms with Crippen LogP contribution in [0.1, 0.15) is 32.6 Å². The van der Waals surface area contributed by atoms with E-state index in [2.05, 4.69) is 17.2 Å². The first-order valence-corrected chi connectivity index (χ1v) is 9.85. The third-order valence-corrected chi connectivity index (χ3v) is 5.51. The highest BCUT2D eigenvalue weighted by Gasteiger charge is 2.46. The van der Waals surface area contributed by atoms with Crippen LogP contribution in [0.3, 0.4) is 0 Å². The fourth-order valence-electron chi connectivity index (χ4n) is 4.11. The zero-order valence-electron chi connectivity index (χ0n) is 15.9. The summed E-state index contributed by atoms with van der Waals surface area (Å²) in [4.78, 5) is 43.3. The molecule has 1 N–H and O–H groups in total. The van der Waals surface area contributed by atoms with Crippen molar-refractivity contribution < 1.29 is 14.4 Å². The van der Waals surface area contributed by atoms with Gasteiger partial charge in [0, 0.05) is 19.5 Å². The van der Waals surface area contributed by atoms with E-state index in [4.69, 9.17) is 0 Å². The van der Waals surface area contributed by atoms with E-state index >= 15 is 0 Å². The van der Waals surface area contributed by atoms with Crippen molar-refractivity contribution in [3.63, 3.8) is 0 Å². The molecule has 2 atom stereocenters. The molecule has 0 bridgehead atoms. The third kappa shape index (κ3) is 3.21. The first kappa shape index (κ1) is 18.4. The van der Waals surface area contributed by atoms with Crippen LogP contribution in [-0.2, 0) is 20.9 Å². The molecule has 0 saturated carbocycles. The number of carbonyl (C=O) groups is 3. The van der Waals surface area contributed by atoms with Crippen molar-refractivity contribution in [3.8, 4) is 0 Å². The molecule has 1 saturated heterocycles. The Bertz CT molecular complexity index is 936. The highest BCUT2D eigenvalue weighted by Crippen LogP contribution is 2.35. The molecule has 0 unspecified atom stereocenters. The number of benzene rings is 1. The van der Waals surface area contributed by atoms with E-state index in [-0.39, 0.29) is 42.5 Å².